The number of phenols is 1. The quantitative estimate of drug-likeness (QED) is 0.343. The Kier molecular flexibility index (Phi) is 5.28. The molecule has 0 saturated carbocycles. The van der Waals surface area contributed by atoms with Gasteiger partial charge in [0.25, 0.3) is 0 Å². The molecule has 6 nitrogen and oxygen atoms in total. The van der Waals surface area contributed by atoms with Crippen molar-refractivity contribution >= 4 is 41.7 Å². The summed E-state index contributed by atoms with van der Waals surface area (Å²) in [6.45, 7) is 0. The zero-order valence-corrected chi connectivity index (χ0v) is 13.3. The minimum Gasteiger partial charge on any atom is -0.507 e. The molecule has 1 aliphatic rings. The molecule has 0 fully saturated rings. The molecule has 0 radical (unpaired) electrons. The van der Waals surface area contributed by atoms with Crippen molar-refractivity contribution in [1.29, 1.82) is 0 Å². The second kappa shape index (κ2) is 7.20. The molecule has 24 heavy (non-hydrogen) atoms. The first-order valence-electron chi connectivity index (χ1n) is 6.87. The molecule has 124 valence electrons. The highest BCUT2D eigenvalue weighted by molar-refractivity contribution is 6.02. The highest BCUT2D eigenvalue weighted by Gasteiger charge is 2.31. The van der Waals surface area contributed by atoms with Gasteiger partial charge in [0.05, 0.1) is 5.56 Å². The molecule has 0 bridgehead atoms. The number of phenolic OH excluding ortho intramolecular Hbond substituents is 1. The van der Waals surface area contributed by atoms with Gasteiger partial charge >= 0.3 is 5.84 Å². The van der Waals surface area contributed by atoms with Gasteiger partial charge in [-0.15, -0.1) is 12.4 Å². The van der Waals surface area contributed by atoms with Crippen molar-refractivity contribution in [2.24, 2.45) is 10.8 Å². The maximum Gasteiger partial charge on any atom is 0.314 e. The Morgan fingerprint density at radius 1 is 1.33 bits per heavy atom. The number of hydrogen-bond acceptors (Lipinski definition) is 4. The van der Waals surface area contributed by atoms with Crippen LogP contribution in [0, 0.1) is 5.82 Å². The summed E-state index contributed by atoms with van der Waals surface area (Å²) in [5, 5.41) is 9.88. The first-order valence-corrected chi connectivity index (χ1v) is 6.87. The molecular formula is C16H15ClFN4O2+. The molecule has 0 unspecified atom stereocenters. The van der Waals surface area contributed by atoms with Crippen LogP contribution in [0.2, 0.25) is 0 Å². The predicted molar refractivity (Wildman–Crippen MR) is 90.9 cm³/mol. The second-order valence-corrected chi connectivity index (χ2v) is 4.96. The topological polar surface area (TPSA) is 90.7 Å². The molecule has 1 amide bonds. The van der Waals surface area contributed by atoms with Gasteiger partial charge in [-0.3, -0.25) is 10.2 Å². The van der Waals surface area contributed by atoms with Crippen LogP contribution in [0.3, 0.4) is 0 Å². The molecule has 8 heteroatoms. The molecule has 0 aromatic heterocycles. The molecule has 2 aromatic carbocycles. The molecule has 1 heterocycles. The van der Waals surface area contributed by atoms with Crippen LogP contribution in [0.25, 0.3) is 0 Å². The zero-order valence-electron chi connectivity index (χ0n) is 12.4. The number of hydrazine groups is 1. The second-order valence-electron chi connectivity index (χ2n) is 4.96. The van der Waals surface area contributed by atoms with Crippen molar-refractivity contribution in [2.75, 3.05) is 0 Å². The third-order valence-electron chi connectivity index (χ3n) is 3.41. The fourth-order valence-electron chi connectivity index (χ4n) is 2.32. The minimum atomic E-state index is -0.530. The number of halogens is 2. The molecule has 0 atom stereocenters. The number of hydrogen-bond donors (Lipinski definition) is 3. The lowest BCUT2D eigenvalue weighted by Gasteiger charge is -2.03. The molecule has 0 aliphatic carbocycles. The Hall–Kier alpha value is -2.77. The predicted octanol–water partition coefficient (Wildman–Crippen LogP) is 2.14. The van der Waals surface area contributed by atoms with Gasteiger partial charge in [0.2, 0.25) is 11.6 Å². The molecule has 3 rings (SSSR count). The number of amidine groups is 1. The van der Waals surface area contributed by atoms with Gasteiger partial charge in [-0.05, 0) is 29.3 Å². The molecule has 4 N–H and O–H groups in total. The van der Waals surface area contributed by atoms with Gasteiger partial charge in [0.15, 0.2) is 5.69 Å². The van der Waals surface area contributed by atoms with E-state index in [0.29, 0.717) is 17.1 Å². The lowest BCUT2D eigenvalue weighted by atomic mass is 10.2. The normalized spacial score (nSPS) is 13.9. The monoisotopic (exact) mass is 349 g/mol. The maximum atomic E-state index is 13.1. The molecule has 2 aromatic rings. The van der Waals surface area contributed by atoms with E-state index in [9.17, 15) is 14.3 Å². The van der Waals surface area contributed by atoms with Crippen LogP contribution < -0.4 is 11.3 Å². The Bertz CT molecular complexity index is 852. The third kappa shape index (κ3) is 3.42. The standard InChI is InChI=1S/C16H13FN4O2.ClH/c17-11-6-5-10(14(22)7-11)9-21-13-4-2-1-3-12(13)19-15(21)8-16(23)20-18;/h1-7,9H,8,18H2,(H,20,23);1H/p+1. The maximum absolute atomic E-state index is 13.1. The van der Waals surface area contributed by atoms with E-state index in [0.717, 1.165) is 11.8 Å². The Morgan fingerprint density at radius 2 is 2.08 bits per heavy atom. The number of aliphatic imine (C=N–C) groups is 1. The Balaban J connectivity index is 0.00000208. The van der Waals surface area contributed by atoms with Crippen LogP contribution in [0.5, 0.6) is 5.75 Å². The van der Waals surface area contributed by atoms with Gasteiger partial charge in [-0.2, -0.15) is 4.58 Å². The number of nitrogens with one attached hydrogen (secondary N) is 1. The average molecular weight is 350 g/mol. The summed E-state index contributed by atoms with van der Waals surface area (Å²) >= 11 is 0. The summed E-state index contributed by atoms with van der Waals surface area (Å²) in [6, 6.07) is 11.0. The summed E-state index contributed by atoms with van der Waals surface area (Å²) < 4.78 is 14.8. The van der Waals surface area contributed by atoms with Gasteiger partial charge in [-0.25, -0.2) is 10.2 Å². The number of nitrogens with zero attached hydrogens (tertiary/aromatic N) is 2. The van der Waals surface area contributed by atoms with Crippen molar-refractivity contribution in [1.82, 2.24) is 5.43 Å². The summed E-state index contributed by atoms with van der Waals surface area (Å²) in [7, 11) is 0. The molecule has 0 spiro atoms. The van der Waals surface area contributed by atoms with Crippen LogP contribution in [0.4, 0.5) is 15.8 Å². The van der Waals surface area contributed by atoms with E-state index in [1.807, 2.05) is 24.3 Å². The number of amides is 1. The highest BCUT2D eigenvalue weighted by atomic mass is 35.5. The number of aromatic hydroxyl groups is 1. The smallest absolute Gasteiger partial charge is 0.314 e. The number of benzene rings is 2. The summed E-state index contributed by atoms with van der Waals surface area (Å²) in [5.41, 5.74) is 3.93. The van der Waals surface area contributed by atoms with E-state index in [2.05, 4.69) is 10.4 Å². The zero-order chi connectivity index (χ0) is 16.4. The largest absolute Gasteiger partial charge is 0.507 e. The first kappa shape index (κ1) is 17.6. The van der Waals surface area contributed by atoms with Crippen molar-refractivity contribution < 1.29 is 18.9 Å². The van der Waals surface area contributed by atoms with Crippen molar-refractivity contribution in [3.05, 3.63) is 53.8 Å². The van der Waals surface area contributed by atoms with Crippen LogP contribution in [-0.2, 0) is 4.79 Å². The summed E-state index contributed by atoms with van der Waals surface area (Å²) in [5.74, 6) is 4.47. The van der Waals surface area contributed by atoms with Crippen LogP contribution >= 0.6 is 12.4 Å². The number of carbonyl (C=O) groups excluding carboxylic acids is 1. The van der Waals surface area contributed by atoms with Gasteiger partial charge in [0, 0.05) is 6.07 Å². The van der Waals surface area contributed by atoms with Gasteiger partial charge in [0.1, 0.15) is 24.2 Å². The third-order valence-corrected chi connectivity index (χ3v) is 3.41. The van der Waals surface area contributed by atoms with Crippen LogP contribution in [-0.4, -0.2) is 27.6 Å². The Labute approximate surface area is 143 Å². The number of para-hydroxylation sites is 2. The fraction of sp³-hybridized carbons (Fsp3) is 0.0625. The Morgan fingerprint density at radius 3 is 2.79 bits per heavy atom. The van der Waals surface area contributed by atoms with Crippen molar-refractivity contribution in [2.45, 2.75) is 6.42 Å². The lowest BCUT2D eigenvalue weighted by Crippen LogP contribution is -2.33. The van der Waals surface area contributed by atoms with E-state index >= 15 is 0 Å². The van der Waals surface area contributed by atoms with Crippen LogP contribution in [0.1, 0.15) is 12.0 Å². The number of carbonyl (C=O) groups is 1. The van der Waals surface area contributed by atoms with Crippen LogP contribution in [0.15, 0.2) is 47.5 Å². The van der Waals surface area contributed by atoms with E-state index in [4.69, 9.17) is 5.84 Å². The molecular weight excluding hydrogens is 335 g/mol. The molecule has 0 saturated heterocycles. The van der Waals surface area contributed by atoms with E-state index in [-0.39, 0.29) is 24.6 Å². The van der Waals surface area contributed by atoms with Gasteiger partial charge < -0.3 is 5.11 Å². The van der Waals surface area contributed by atoms with Crippen molar-refractivity contribution in [3.8, 4) is 5.75 Å². The van der Waals surface area contributed by atoms with Gasteiger partial charge in [-0.1, -0.05) is 12.1 Å². The molecule has 1 aliphatic heterocycles. The lowest BCUT2D eigenvalue weighted by molar-refractivity contribution is -0.296. The number of rotatable bonds is 3. The van der Waals surface area contributed by atoms with E-state index < -0.39 is 11.7 Å². The van der Waals surface area contributed by atoms with E-state index in [1.165, 1.54) is 12.1 Å². The first-order chi connectivity index (χ1) is 11.1. The number of fused-ring (bicyclic) bond motifs is 1. The number of nitrogens with two attached hydrogens (primary N) is 1. The minimum absolute atomic E-state index is 0. The van der Waals surface area contributed by atoms with E-state index in [1.54, 1.807) is 10.8 Å². The average Bonchev–Trinajstić information content (AvgIpc) is 2.87. The summed E-state index contributed by atoms with van der Waals surface area (Å²) in [6.07, 6.45) is 1.58. The van der Waals surface area contributed by atoms with Crippen molar-refractivity contribution in [3.63, 3.8) is 0 Å². The summed E-state index contributed by atoms with van der Waals surface area (Å²) in [4.78, 5) is 16.0. The highest BCUT2D eigenvalue weighted by Crippen LogP contribution is 2.34. The SMILES string of the molecule is Cl.NNC(=O)CC1=Nc2ccccc2[N+]1=Cc1ccc(F)cc1O. The fourth-order valence-corrected chi connectivity index (χ4v) is 2.32.